The van der Waals surface area contributed by atoms with E-state index in [1.54, 1.807) is 0 Å². The van der Waals surface area contributed by atoms with E-state index >= 15 is 0 Å². The average molecular weight is 814 g/mol. The molecule has 1 aromatic heterocycles. The molecule has 294 valence electrons. The third-order valence-electron chi connectivity index (χ3n) is 12.3. The predicted octanol–water partition coefficient (Wildman–Crippen LogP) is 15.2. The molecule has 4 nitrogen and oxygen atoms in total. The zero-order valence-electron chi connectivity index (χ0n) is 33.7. The van der Waals surface area contributed by atoms with Gasteiger partial charge in [0.15, 0.2) is 5.84 Å². The van der Waals surface area contributed by atoms with Crippen LogP contribution in [-0.2, 0) is 0 Å². The number of para-hydroxylation sites is 1. The fourth-order valence-electron chi connectivity index (χ4n) is 9.42. The Kier molecular flexibility index (Phi) is 8.93. The molecule has 1 aliphatic carbocycles. The molecule has 2 aliphatic heterocycles. The monoisotopic (exact) mass is 813 g/mol. The van der Waals surface area contributed by atoms with Gasteiger partial charge in [-0.2, -0.15) is 0 Å². The van der Waals surface area contributed by atoms with E-state index in [1.807, 2.05) is 36.0 Å². The topological polar surface area (TPSA) is 41.1 Å². The van der Waals surface area contributed by atoms with Crippen molar-refractivity contribution < 1.29 is 4.42 Å². The van der Waals surface area contributed by atoms with Crippen LogP contribution in [0.5, 0.6) is 0 Å². The van der Waals surface area contributed by atoms with Crippen LogP contribution in [0.4, 0.5) is 17.1 Å². The number of allylic oxidation sites excluding steroid dienone is 4. The van der Waals surface area contributed by atoms with E-state index in [2.05, 4.69) is 193 Å². The van der Waals surface area contributed by atoms with E-state index in [1.165, 1.54) is 21.6 Å². The Bertz CT molecular complexity index is 3360. The van der Waals surface area contributed by atoms with Gasteiger partial charge in [-0.25, -0.2) is 9.98 Å². The molecule has 62 heavy (non-hydrogen) atoms. The molecule has 8 aromatic carbocycles. The van der Waals surface area contributed by atoms with Crippen molar-refractivity contribution in [2.24, 2.45) is 9.98 Å². The van der Waals surface area contributed by atoms with Crippen molar-refractivity contribution in [3.8, 4) is 11.1 Å². The van der Waals surface area contributed by atoms with E-state index < -0.39 is 0 Å². The third kappa shape index (κ3) is 6.24. The normalized spacial score (nSPS) is 16.7. The number of hydrogen-bond acceptors (Lipinski definition) is 5. The molecule has 12 rings (SSSR count). The molecule has 0 N–H and O–H groups in total. The Morgan fingerprint density at radius 1 is 0.532 bits per heavy atom. The summed E-state index contributed by atoms with van der Waals surface area (Å²) in [6.45, 7) is 0. The molecule has 2 atom stereocenters. The van der Waals surface area contributed by atoms with E-state index in [0.29, 0.717) is 23.4 Å². The number of fused-ring (bicyclic) bond motifs is 8. The van der Waals surface area contributed by atoms with Crippen LogP contribution in [0, 0.1) is 0 Å². The summed E-state index contributed by atoms with van der Waals surface area (Å²) in [4.78, 5) is 14.3. The summed E-state index contributed by atoms with van der Waals surface area (Å²) >= 11 is 1.98. The maximum atomic E-state index is 6.93. The van der Waals surface area contributed by atoms with Crippen LogP contribution >= 0.6 is 11.8 Å². The summed E-state index contributed by atoms with van der Waals surface area (Å²) < 4.78 is 6.93. The van der Waals surface area contributed by atoms with Crippen molar-refractivity contribution in [1.82, 2.24) is 0 Å². The molecule has 3 aliphatic rings. The van der Waals surface area contributed by atoms with Gasteiger partial charge in [0.1, 0.15) is 11.2 Å². The lowest BCUT2D eigenvalue weighted by Crippen LogP contribution is -2.10. The third-order valence-corrected chi connectivity index (χ3v) is 13.7. The molecule has 9 aromatic rings. The van der Waals surface area contributed by atoms with Crippen LogP contribution in [0.1, 0.15) is 34.6 Å². The lowest BCUT2D eigenvalue weighted by molar-refractivity contribution is 0.669. The highest BCUT2D eigenvalue weighted by Crippen LogP contribution is 2.52. The number of nitrogens with zero attached hydrogens (tertiary/aromatic N) is 3. The number of rotatable bonds is 7. The van der Waals surface area contributed by atoms with E-state index in [9.17, 15) is 0 Å². The van der Waals surface area contributed by atoms with Crippen molar-refractivity contribution in [1.29, 1.82) is 0 Å². The molecule has 0 radical (unpaired) electrons. The Morgan fingerprint density at radius 3 is 2.05 bits per heavy atom. The largest absolute Gasteiger partial charge is 0.456 e. The second-order valence-corrected chi connectivity index (χ2v) is 17.1. The first-order valence-electron chi connectivity index (χ1n) is 21.2. The van der Waals surface area contributed by atoms with Gasteiger partial charge in [-0.1, -0.05) is 176 Å². The molecule has 3 heterocycles. The van der Waals surface area contributed by atoms with E-state index in [0.717, 1.165) is 77.9 Å². The maximum absolute atomic E-state index is 6.93. The van der Waals surface area contributed by atoms with Gasteiger partial charge in [-0.05, 0) is 58.0 Å². The second kappa shape index (κ2) is 15.2. The van der Waals surface area contributed by atoms with Crippen LogP contribution in [0.2, 0.25) is 0 Å². The molecule has 0 bridgehead atoms. The average Bonchev–Trinajstić information content (AvgIpc) is 3.83. The van der Waals surface area contributed by atoms with Crippen molar-refractivity contribution in [3.63, 3.8) is 0 Å². The number of anilines is 3. The second-order valence-electron chi connectivity index (χ2n) is 15.9. The molecule has 0 spiro atoms. The minimum atomic E-state index is 0.406. The highest BCUT2D eigenvalue weighted by Gasteiger charge is 2.33. The lowest BCUT2D eigenvalue weighted by atomic mass is 9.90. The number of thioether (sulfide) groups is 1. The van der Waals surface area contributed by atoms with Crippen molar-refractivity contribution >= 4 is 78.8 Å². The van der Waals surface area contributed by atoms with Gasteiger partial charge in [-0.15, -0.1) is 11.8 Å². The van der Waals surface area contributed by atoms with Crippen molar-refractivity contribution in [2.75, 3.05) is 4.90 Å². The van der Waals surface area contributed by atoms with Gasteiger partial charge in [0.2, 0.25) is 0 Å². The summed E-state index contributed by atoms with van der Waals surface area (Å²) in [6, 6.07) is 64.5. The van der Waals surface area contributed by atoms with Crippen LogP contribution in [0.3, 0.4) is 0 Å². The zero-order valence-corrected chi connectivity index (χ0v) is 34.5. The molecule has 0 saturated heterocycles. The summed E-state index contributed by atoms with van der Waals surface area (Å²) in [7, 11) is 0. The first-order valence-corrected chi connectivity index (χ1v) is 22.1. The molecule has 0 saturated carbocycles. The number of benzene rings is 8. The van der Waals surface area contributed by atoms with Crippen LogP contribution < -0.4 is 4.90 Å². The number of aliphatic imine (C=N–C) groups is 2. The first kappa shape index (κ1) is 36.4. The highest BCUT2D eigenvalue weighted by molar-refractivity contribution is 8.00. The standard InChI is InChI=1S/C57H39N3OS/c1-4-17-37(18-5-1)48-33-34-49(59-57(58-48)38-19-6-2-7-20-38)47-30-16-31-51-55(47)54-45-27-11-10-25-43(45)50(36-52(54)61-51)60(40-22-8-3-9-23-40)41-24-14-21-39(35-41)42-28-15-29-46-44-26-12-13-32-53(44)62-56(42)46/h1-32,34-36,44,53H,33H2. The molecule has 0 fully saturated rings. The summed E-state index contributed by atoms with van der Waals surface area (Å²) in [5.41, 5.74) is 13.7. The fraction of sp³-hybridized carbons (Fsp3) is 0.0526. The Morgan fingerprint density at radius 2 is 1.21 bits per heavy atom. The van der Waals surface area contributed by atoms with Gasteiger partial charge < -0.3 is 9.32 Å². The first-order chi connectivity index (χ1) is 30.7. The van der Waals surface area contributed by atoms with Gasteiger partial charge in [0, 0.05) is 67.2 Å². The van der Waals surface area contributed by atoms with Crippen molar-refractivity contribution in [2.45, 2.75) is 22.5 Å². The highest BCUT2D eigenvalue weighted by atomic mass is 32.2. The van der Waals surface area contributed by atoms with Crippen LogP contribution in [-0.4, -0.2) is 16.8 Å². The number of amidine groups is 1. The van der Waals surface area contributed by atoms with Crippen LogP contribution in [0.15, 0.2) is 232 Å². The van der Waals surface area contributed by atoms with E-state index in [4.69, 9.17) is 14.4 Å². The van der Waals surface area contributed by atoms with E-state index in [-0.39, 0.29) is 0 Å². The predicted molar refractivity (Wildman–Crippen MR) is 261 cm³/mol. The van der Waals surface area contributed by atoms with Gasteiger partial charge >= 0.3 is 0 Å². The lowest BCUT2D eigenvalue weighted by Gasteiger charge is -2.27. The van der Waals surface area contributed by atoms with Gasteiger partial charge in [-0.3, -0.25) is 0 Å². The molecule has 5 heteroatoms. The Hall–Kier alpha value is -7.47. The maximum Gasteiger partial charge on any atom is 0.160 e. The SMILES string of the molecule is C1=CC2Sc3c(-c4cccc(N(c5ccccc5)c5cc6oc7cccc(C8=CCC(c9ccccc9)=NC(c9ccccc9)=N8)c7c6c6ccccc56)c4)cccc3C2C=C1. The summed E-state index contributed by atoms with van der Waals surface area (Å²) in [5.74, 6) is 1.10. The summed E-state index contributed by atoms with van der Waals surface area (Å²) in [6.07, 6.45) is 11.9. The van der Waals surface area contributed by atoms with Gasteiger partial charge in [0.25, 0.3) is 0 Å². The zero-order chi connectivity index (χ0) is 41.0. The molecule has 0 amide bonds. The molecular weight excluding hydrogens is 775 g/mol. The molecular formula is C57H39N3OS. The number of furan rings is 1. The smallest absolute Gasteiger partial charge is 0.160 e. The Balaban J connectivity index is 1.03. The minimum Gasteiger partial charge on any atom is -0.456 e. The van der Waals surface area contributed by atoms with Crippen LogP contribution in [0.25, 0.3) is 49.5 Å². The summed E-state index contributed by atoms with van der Waals surface area (Å²) in [5, 5.41) is 4.79. The van der Waals surface area contributed by atoms with Crippen molar-refractivity contribution in [3.05, 3.63) is 235 Å². The Labute approximate surface area is 364 Å². The fourth-order valence-corrected chi connectivity index (χ4v) is 10.9. The number of hydrogen-bond donors (Lipinski definition) is 0. The van der Waals surface area contributed by atoms with Gasteiger partial charge in [0.05, 0.1) is 17.1 Å². The minimum absolute atomic E-state index is 0.406. The molecule has 2 unspecified atom stereocenters. The quantitative estimate of drug-likeness (QED) is 0.161.